The van der Waals surface area contributed by atoms with E-state index in [9.17, 15) is 9.59 Å². The van der Waals surface area contributed by atoms with Gasteiger partial charge < -0.3 is 20.7 Å². The van der Waals surface area contributed by atoms with Gasteiger partial charge in [0.05, 0.1) is 12.6 Å². The van der Waals surface area contributed by atoms with Gasteiger partial charge in [0.25, 0.3) is 0 Å². The Morgan fingerprint density at radius 1 is 1.45 bits per heavy atom. The standard InChI is InChI=1S/C14H27N3O3/c1-5-20-13(19)16-10-7-6-8-17(9-10)12(18)11(15)14(2,3)4/h10-11H,5-9,15H2,1-4H3,(H,16,19)/t10?,11-/m0/s1. The largest absolute Gasteiger partial charge is 0.450 e. The number of nitrogens with two attached hydrogens (primary N) is 1. The Bertz CT molecular complexity index is 352. The van der Waals surface area contributed by atoms with Gasteiger partial charge in [-0.1, -0.05) is 20.8 Å². The highest BCUT2D eigenvalue weighted by Crippen LogP contribution is 2.21. The zero-order valence-electron chi connectivity index (χ0n) is 12.9. The Morgan fingerprint density at radius 3 is 2.65 bits per heavy atom. The zero-order chi connectivity index (χ0) is 15.3. The van der Waals surface area contributed by atoms with Gasteiger partial charge >= 0.3 is 6.09 Å². The zero-order valence-corrected chi connectivity index (χ0v) is 12.9. The van der Waals surface area contributed by atoms with Crippen molar-refractivity contribution in [2.75, 3.05) is 19.7 Å². The first-order valence-electron chi connectivity index (χ1n) is 7.23. The third kappa shape index (κ3) is 4.67. The van der Waals surface area contributed by atoms with Crippen molar-refractivity contribution in [3.63, 3.8) is 0 Å². The third-order valence-corrected chi connectivity index (χ3v) is 3.53. The van der Waals surface area contributed by atoms with Crippen LogP contribution < -0.4 is 11.1 Å². The maximum atomic E-state index is 12.4. The van der Waals surface area contributed by atoms with Gasteiger partial charge in [0.2, 0.25) is 5.91 Å². The first kappa shape index (κ1) is 16.8. The lowest BCUT2D eigenvalue weighted by Gasteiger charge is -2.37. The van der Waals surface area contributed by atoms with Crippen LogP contribution in [0.3, 0.4) is 0 Å². The van der Waals surface area contributed by atoms with E-state index in [1.165, 1.54) is 0 Å². The van der Waals surface area contributed by atoms with Crippen LogP contribution in [0, 0.1) is 5.41 Å². The van der Waals surface area contributed by atoms with Crippen molar-refractivity contribution in [2.45, 2.75) is 52.6 Å². The van der Waals surface area contributed by atoms with Gasteiger partial charge in [-0.2, -0.15) is 0 Å². The molecule has 0 saturated carbocycles. The number of nitrogens with zero attached hydrogens (tertiary/aromatic N) is 1. The van der Waals surface area contributed by atoms with Crippen LogP contribution in [-0.4, -0.2) is 48.7 Å². The Kier molecular flexibility index (Phi) is 5.80. The van der Waals surface area contributed by atoms with Crippen LogP contribution >= 0.6 is 0 Å². The lowest BCUT2D eigenvalue weighted by molar-refractivity contribution is -0.136. The summed E-state index contributed by atoms with van der Waals surface area (Å²) < 4.78 is 4.86. The van der Waals surface area contributed by atoms with Crippen LogP contribution in [0.15, 0.2) is 0 Å². The third-order valence-electron chi connectivity index (χ3n) is 3.53. The number of hydrogen-bond acceptors (Lipinski definition) is 4. The molecule has 2 atom stereocenters. The average Bonchev–Trinajstić information content (AvgIpc) is 2.36. The second-order valence-electron chi connectivity index (χ2n) is 6.33. The Morgan fingerprint density at radius 2 is 2.10 bits per heavy atom. The van der Waals surface area contributed by atoms with Crippen molar-refractivity contribution >= 4 is 12.0 Å². The number of amides is 2. The van der Waals surface area contributed by atoms with E-state index in [1.54, 1.807) is 11.8 Å². The van der Waals surface area contributed by atoms with Gasteiger partial charge in [0, 0.05) is 19.1 Å². The fraction of sp³-hybridized carbons (Fsp3) is 0.857. The predicted molar refractivity (Wildman–Crippen MR) is 77.2 cm³/mol. The summed E-state index contributed by atoms with van der Waals surface area (Å²) in [5.74, 6) is -0.0483. The van der Waals surface area contributed by atoms with Crippen molar-refractivity contribution in [1.82, 2.24) is 10.2 Å². The molecule has 3 N–H and O–H groups in total. The molecular weight excluding hydrogens is 258 g/mol. The molecule has 0 aromatic carbocycles. The van der Waals surface area contributed by atoms with Crippen LogP contribution in [-0.2, 0) is 9.53 Å². The molecule has 2 amide bonds. The van der Waals surface area contributed by atoms with E-state index in [4.69, 9.17) is 10.5 Å². The number of hydrogen-bond donors (Lipinski definition) is 2. The second-order valence-corrected chi connectivity index (χ2v) is 6.33. The molecule has 0 radical (unpaired) electrons. The van der Waals surface area contributed by atoms with Crippen molar-refractivity contribution in [3.05, 3.63) is 0 Å². The summed E-state index contributed by atoms with van der Waals surface area (Å²) in [4.78, 5) is 25.5. The smallest absolute Gasteiger partial charge is 0.407 e. The molecule has 6 nitrogen and oxygen atoms in total. The van der Waals surface area contributed by atoms with E-state index < -0.39 is 12.1 Å². The first-order chi connectivity index (χ1) is 9.25. The molecule has 1 unspecified atom stereocenters. The van der Waals surface area contributed by atoms with Crippen LogP contribution in [0.2, 0.25) is 0 Å². The predicted octanol–water partition coefficient (Wildman–Crippen LogP) is 1.10. The summed E-state index contributed by atoms with van der Waals surface area (Å²) in [7, 11) is 0. The second kappa shape index (κ2) is 6.92. The van der Waals surface area contributed by atoms with E-state index >= 15 is 0 Å². The van der Waals surface area contributed by atoms with Gasteiger partial charge in [0.1, 0.15) is 0 Å². The van der Waals surface area contributed by atoms with Gasteiger partial charge in [-0.05, 0) is 25.2 Å². The molecule has 0 spiro atoms. The monoisotopic (exact) mass is 285 g/mol. The molecule has 116 valence electrons. The van der Waals surface area contributed by atoms with Gasteiger partial charge in [0.15, 0.2) is 0 Å². The Hall–Kier alpha value is -1.30. The molecule has 6 heteroatoms. The average molecular weight is 285 g/mol. The van der Waals surface area contributed by atoms with Gasteiger partial charge in [-0.3, -0.25) is 4.79 Å². The highest BCUT2D eigenvalue weighted by molar-refractivity contribution is 5.82. The van der Waals surface area contributed by atoms with E-state index in [0.717, 1.165) is 12.8 Å². The van der Waals surface area contributed by atoms with Crippen molar-refractivity contribution in [1.29, 1.82) is 0 Å². The maximum Gasteiger partial charge on any atom is 0.407 e. The van der Waals surface area contributed by atoms with Gasteiger partial charge in [-0.25, -0.2) is 4.79 Å². The SMILES string of the molecule is CCOC(=O)NC1CCCN(C(=O)[C@H](N)C(C)(C)C)C1. The fourth-order valence-corrected chi connectivity index (χ4v) is 2.20. The highest BCUT2D eigenvalue weighted by Gasteiger charge is 2.33. The van der Waals surface area contributed by atoms with E-state index in [-0.39, 0.29) is 17.4 Å². The summed E-state index contributed by atoms with van der Waals surface area (Å²) in [6.45, 7) is 9.16. The van der Waals surface area contributed by atoms with Crippen molar-refractivity contribution in [3.8, 4) is 0 Å². The summed E-state index contributed by atoms with van der Waals surface area (Å²) in [5, 5.41) is 2.79. The van der Waals surface area contributed by atoms with E-state index in [0.29, 0.717) is 19.7 Å². The van der Waals surface area contributed by atoms with Gasteiger partial charge in [-0.15, -0.1) is 0 Å². The molecule has 20 heavy (non-hydrogen) atoms. The Labute approximate surface area is 121 Å². The van der Waals surface area contributed by atoms with Crippen LogP contribution in [0.4, 0.5) is 4.79 Å². The minimum Gasteiger partial charge on any atom is -0.450 e. The maximum absolute atomic E-state index is 12.4. The Balaban J connectivity index is 2.56. The first-order valence-corrected chi connectivity index (χ1v) is 7.23. The van der Waals surface area contributed by atoms with Crippen LogP contribution in [0.25, 0.3) is 0 Å². The molecule has 1 heterocycles. The summed E-state index contributed by atoms with van der Waals surface area (Å²) in [6, 6.07) is -0.581. The molecule has 0 aliphatic carbocycles. The lowest BCUT2D eigenvalue weighted by Crippen LogP contribution is -2.56. The number of rotatable bonds is 3. The summed E-state index contributed by atoms with van der Waals surface area (Å²) in [6.07, 6.45) is 1.29. The van der Waals surface area contributed by atoms with E-state index in [2.05, 4.69) is 5.32 Å². The minimum absolute atomic E-state index is 0.0483. The fourth-order valence-electron chi connectivity index (χ4n) is 2.20. The molecule has 1 saturated heterocycles. The topological polar surface area (TPSA) is 84.7 Å². The molecular formula is C14H27N3O3. The summed E-state index contributed by atoms with van der Waals surface area (Å²) >= 11 is 0. The highest BCUT2D eigenvalue weighted by atomic mass is 16.5. The quantitative estimate of drug-likeness (QED) is 0.813. The molecule has 1 aliphatic rings. The molecule has 0 aromatic rings. The number of carbonyl (C=O) groups excluding carboxylic acids is 2. The molecule has 0 bridgehead atoms. The minimum atomic E-state index is -0.524. The molecule has 1 rings (SSSR count). The number of piperidine rings is 1. The van der Waals surface area contributed by atoms with Crippen molar-refractivity contribution in [2.24, 2.45) is 11.1 Å². The van der Waals surface area contributed by atoms with Crippen molar-refractivity contribution < 1.29 is 14.3 Å². The number of likely N-dealkylation sites (tertiary alicyclic amines) is 1. The van der Waals surface area contributed by atoms with Crippen LogP contribution in [0.1, 0.15) is 40.5 Å². The van der Waals surface area contributed by atoms with E-state index in [1.807, 2.05) is 20.8 Å². The summed E-state index contributed by atoms with van der Waals surface area (Å²) in [5.41, 5.74) is 5.75. The number of nitrogens with one attached hydrogen (secondary N) is 1. The number of ether oxygens (including phenoxy) is 1. The van der Waals surface area contributed by atoms with Crippen LogP contribution in [0.5, 0.6) is 0 Å². The lowest BCUT2D eigenvalue weighted by atomic mass is 9.86. The normalized spacial score (nSPS) is 21.2. The number of alkyl carbamates (subject to hydrolysis) is 1. The number of carbonyl (C=O) groups is 2. The molecule has 1 fully saturated rings. The molecule has 1 aliphatic heterocycles. The molecule has 0 aromatic heterocycles.